The van der Waals surface area contributed by atoms with Gasteiger partial charge in [-0.1, -0.05) is 0 Å². The van der Waals surface area contributed by atoms with Gasteiger partial charge in [0, 0.05) is 17.3 Å². The average Bonchev–Trinajstić information content (AvgIpc) is 2.33. The molecule has 0 atom stereocenters. The van der Waals surface area contributed by atoms with E-state index in [1.807, 2.05) is 33.8 Å². The number of aryl methyl sites for hydroxylation is 1. The molecule has 0 aliphatic rings. The lowest BCUT2D eigenvalue weighted by Gasteiger charge is -2.12. The van der Waals surface area contributed by atoms with Gasteiger partial charge >= 0.3 is 0 Å². The van der Waals surface area contributed by atoms with Gasteiger partial charge in [0.05, 0.1) is 18.0 Å². The van der Waals surface area contributed by atoms with Crippen LogP contribution in [0.5, 0.6) is 5.75 Å². The van der Waals surface area contributed by atoms with Gasteiger partial charge in [0.2, 0.25) is 0 Å². The van der Waals surface area contributed by atoms with Crippen molar-refractivity contribution >= 4 is 5.82 Å². The summed E-state index contributed by atoms with van der Waals surface area (Å²) in [5.41, 5.74) is 8.41. The number of rotatable bonds is 3. The maximum Gasteiger partial charge on any atom is 0.138 e. The highest BCUT2D eigenvalue weighted by Gasteiger charge is 2.10. The molecule has 0 saturated carbocycles. The Kier molecular flexibility index (Phi) is 3.64. The first kappa shape index (κ1) is 13.3. The van der Waals surface area contributed by atoms with E-state index >= 15 is 0 Å². The van der Waals surface area contributed by atoms with Crippen LogP contribution in [-0.4, -0.2) is 21.1 Å². The lowest BCUT2D eigenvalue weighted by molar-refractivity contribution is 0.241. The minimum Gasteiger partial charge on any atom is -0.489 e. The Hall–Kier alpha value is -2.17. The van der Waals surface area contributed by atoms with Gasteiger partial charge in [-0.25, -0.2) is 9.97 Å². The zero-order valence-corrected chi connectivity index (χ0v) is 11.6. The molecule has 2 aromatic heterocycles. The fourth-order valence-corrected chi connectivity index (χ4v) is 1.82. The molecule has 0 saturated heterocycles. The SMILES string of the molecule is Cc1nc(N)c(C)c(-c2cncc(OC(C)C)c2)n1. The summed E-state index contributed by atoms with van der Waals surface area (Å²) in [4.78, 5) is 12.8. The van der Waals surface area contributed by atoms with Crippen molar-refractivity contribution in [3.63, 3.8) is 0 Å². The van der Waals surface area contributed by atoms with Crippen LogP contribution in [0.3, 0.4) is 0 Å². The topological polar surface area (TPSA) is 73.9 Å². The van der Waals surface area contributed by atoms with Crippen LogP contribution in [0.4, 0.5) is 5.82 Å². The quantitative estimate of drug-likeness (QED) is 0.915. The number of hydrogen-bond donors (Lipinski definition) is 1. The predicted octanol–water partition coefficient (Wildman–Crippen LogP) is 2.52. The van der Waals surface area contributed by atoms with Crippen molar-refractivity contribution < 1.29 is 4.74 Å². The third kappa shape index (κ3) is 2.99. The van der Waals surface area contributed by atoms with Gasteiger partial charge in [-0.05, 0) is 33.8 Å². The van der Waals surface area contributed by atoms with Crippen molar-refractivity contribution in [2.45, 2.75) is 33.8 Å². The van der Waals surface area contributed by atoms with Crippen LogP contribution in [0.1, 0.15) is 25.2 Å². The fourth-order valence-electron chi connectivity index (χ4n) is 1.82. The summed E-state index contributed by atoms with van der Waals surface area (Å²) in [6.45, 7) is 7.68. The van der Waals surface area contributed by atoms with Crippen LogP contribution in [0.15, 0.2) is 18.5 Å². The van der Waals surface area contributed by atoms with Gasteiger partial charge in [0.15, 0.2) is 0 Å². The van der Waals surface area contributed by atoms with Gasteiger partial charge in [-0.2, -0.15) is 0 Å². The maximum atomic E-state index is 5.87. The number of nitrogens with two attached hydrogens (primary N) is 1. The molecule has 0 aliphatic carbocycles. The molecule has 0 unspecified atom stereocenters. The summed E-state index contributed by atoms with van der Waals surface area (Å²) in [6.07, 6.45) is 3.55. The minimum atomic E-state index is 0.107. The fraction of sp³-hybridized carbons (Fsp3) is 0.357. The Morgan fingerprint density at radius 1 is 1.16 bits per heavy atom. The van der Waals surface area contributed by atoms with Crippen molar-refractivity contribution in [1.29, 1.82) is 0 Å². The van der Waals surface area contributed by atoms with Crippen LogP contribution in [0, 0.1) is 13.8 Å². The van der Waals surface area contributed by atoms with Crippen LogP contribution < -0.4 is 10.5 Å². The minimum absolute atomic E-state index is 0.107. The standard InChI is InChI=1S/C14H18N4O/c1-8(2)19-12-5-11(6-16-7-12)13-9(3)14(15)18-10(4)17-13/h5-8H,1-4H3,(H2,15,17,18). The second kappa shape index (κ2) is 5.22. The number of pyridine rings is 1. The van der Waals surface area contributed by atoms with E-state index in [9.17, 15) is 0 Å². The first-order valence-electron chi connectivity index (χ1n) is 6.20. The van der Waals surface area contributed by atoms with E-state index in [-0.39, 0.29) is 6.10 Å². The highest BCUT2D eigenvalue weighted by molar-refractivity contribution is 5.67. The third-order valence-electron chi connectivity index (χ3n) is 2.65. The second-order valence-electron chi connectivity index (χ2n) is 4.71. The summed E-state index contributed by atoms with van der Waals surface area (Å²) >= 11 is 0. The molecule has 0 amide bonds. The first-order valence-corrected chi connectivity index (χ1v) is 6.20. The number of aromatic nitrogens is 3. The summed E-state index contributed by atoms with van der Waals surface area (Å²) in [5.74, 6) is 1.87. The first-order chi connectivity index (χ1) is 8.97. The third-order valence-corrected chi connectivity index (χ3v) is 2.65. The van der Waals surface area contributed by atoms with Crippen LogP contribution in [-0.2, 0) is 0 Å². The van der Waals surface area contributed by atoms with Gasteiger partial charge in [-0.3, -0.25) is 4.98 Å². The van der Waals surface area contributed by atoms with Crippen LogP contribution in [0.25, 0.3) is 11.3 Å². The maximum absolute atomic E-state index is 5.87. The molecule has 100 valence electrons. The second-order valence-corrected chi connectivity index (χ2v) is 4.71. The number of anilines is 1. The molecular weight excluding hydrogens is 240 g/mol. The molecule has 0 spiro atoms. The lowest BCUT2D eigenvalue weighted by Crippen LogP contribution is -2.06. The predicted molar refractivity (Wildman–Crippen MR) is 74.9 cm³/mol. The van der Waals surface area contributed by atoms with Crippen molar-refractivity contribution in [2.24, 2.45) is 0 Å². The summed E-state index contributed by atoms with van der Waals surface area (Å²) in [6, 6.07) is 1.92. The lowest BCUT2D eigenvalue weighted by atomic mass is 10.1. The Balaban J connectivity index is 2.47. The van der Waals surface area contributed by atoms with Gasteiger partial charge in [-0.15, -0.1) is 0 Å². The zero-order valence-electron chi connectivity index (χ0n) is 11.6. The van der Waals surface area contributed by atoms with E-state index in [1.165, 1.54) is 0 Å². The number of hydrogen-bond acceptors (Lipinski definition) is 5. The molecule has 2 aromatic rings. The molecule has 2 N–H and O–H groups in total. The number of nitrogens with zero attached hydrogens (tertiary/aromatic N) is 3. The molecular formula is C14H18N4O. The largest absolute Gasteiger partial charge is 0.489 e. The molecule has 2 heterocycles. The Labute approximate surface area is 112 Å². The highest BCUT2D eigenvalue weighted by Crippen LogP contribution is 2.26. The van der Waals surface area contributed by atoms with Crippen molar-refractivity contribution in [3.05, 3.63) is 29.8 Å². The van der Waals surface area contributed by atoms with Gasteiger partial charge in [0.1, 0.15) is 17.4 Å². The highest BCUT2D eigenvalue weighted by atomic mass is 16.5. The zero-order chi connectivity index (χ0) is 14.0. The molecule has 5 nitrogen and oxygen atoms in total. The van der Waals surface area contributed by atoms with Crippen LogP contribution >= 0.6 is 0 Å². The van der Waals surface area contributed by atoms with Gasteiger partial charge in [0.25, 0.3) is 0 Å². The Morgan fingerprint density at radius 3 is 2.58 bits per heavy atom. The normalized spacial score (nSPS) is 10.8. The Morgan fingerprint density at radius 2 is 1.89 bits per heavy atom. The van der Waals surface area contributed by atoms with Crippen molar-refractivity contribution in [1.82, 2.24) is 15.0 Å². The summed E-state index contributed by atoms with van der Waals surface area (Å²) in [5, 5.41) is 0. The summed E-state index contributed by atoms with van der Waals surface area (Å²) < 4.78 is 5.64. The molecule has 0 aromatic carbocycles. The number of ether oxygens (including phenoxy) is 1. The average molecular weight is 258 g/mol. The van der Waals surface area contributed by atoms with Crippen molar-refractivity contribution in [2.75, 3.05) is 5.73 Å². The van der Waals surface area contributed by atoms with E-state index in [0.29, 0.717) is 11.6 Å². The van der Waals surface area contributed by atoms with E-state index < -0.39 is 0 Å². The van der Waals surface area contributed by atoms with Crippen LogP contribution in [0.2, 0.25) is 0 Å². The summed E-state index contributed by atoms with van der Waals surface area (Å²) in [7, 11) is 0. The van der Waals surface area contributed by atoms with E-state index in [0.717, 1.165) is 22.6 Å². The number of nitrogen functional groups attached to an aromatic ring is 1. The van der Waals surface area contributed by atoms with E-state index in [2.05, 4.69) is 15.0 Å². The van der Waals surface area contributed by atoms with Gasteiger partial charge < -0.3 is 10.5 Å². The molecule has 0 aliphatic heterocycles. The molecule has 0 fully saturated rings. The van der Waals surface area contributed by atoms with E-state index in [1.54, 1.807) is 12.4 Å². The van der Waals surface area contributed by atoms with E-state index in [4.69, 9.17) is 10.5 Å². The monoisotopic (exact) mass is 258 g/mol. The molecule has 5 heteroatoms. The Bertz CT molecular complexity index is 596. The molecule has 19 heavy (non-hydrogen) atoms. The molecule has 2 rings (SSSR count). The smallest absolute Gasteiger partial charge is 0.138 e. The van der Waals surface area contributed by atoms with Crippen molar-refractivity contribution in [3.8, 4) is 17.0 Å². The molecule has 0 bridgehead atoms. The molecule has 0 radical (unpaired) electrons.